The van der Waals surface area contributed by atoms with Crippen LogP contribution in [0, 0.1) is 0 Å². The van der Waals surface area contributed by atoms with Crippen LogP contribution in [0.1, 0.15) is 30.9 Å². The quantitative estimate of drug-likeness (QED) is 0.930. The number of hydrogen-bond acceptors (Lipinski definition) is 6. The van der Waals surface area contributed by atoms with Crippen LogP contribution in [-0.2, 0) is 4.79 Å². The predicted octanol–water partition coefficient (Wildman–Crippen LogP) is 2.37. The zero-order valence-electron chi connectivity index (χ0n) is 12.4. The van der Waals surface area contributed by atoms with E-state index in [9.17, 15) is 9.18 Å². The van der Waals surface area contributed by atoms with E-state index < -0.39 is 11.6 Å². The number of halogens is 1. The van der Waals surface area contributed by atoms with Crippen molar-refractivity contribution in [2.75, 3.05) is 23.3 Å². The molecule has 1 saturated carbocycles. The minimum Gasteiger partial charge on any atom is -0.353 e. The first-order chi connectivity index (χ1) is 11.1. The second-order valence-corrected chi connectivity index (χ2v) is 6.90. The molecule has 2 aromatic rings. The number of amides is 1. The highest BCUT2D eigenvalue weighted by Crippen LogP contribution is 2.40. The van der Waals surface area contributed by atoms with Crippen molar-refractivity contribution in [1.29, 1.82) is 0 Å². The minimum absolute atomic E-state index is 0.00529. The van der Waals surface area contributed by atoms with E-state index in [2.05, 4.69) is 20.3 Å². The lowest BCUT2D eigenvalue weighted by Gasteiger charge is -2.20. The zero-order valence-corrected chi connectivity index (χ0v) is 13.2. The Bertz CT molecular complexity index is 720. The summed E-state index contributed by atoms with van der Waals surface area (Å²) in [5.41, 5.74) is -0.908. The first kappa shape index (κ1) is 14.5. The van der Waals surface area contributed by atoms with Crippen molar-refractivity contribution in [1.82, 2.24) is 15.0 Å². The number of anilines is 2. The van der Waals surface area contributed by atoms with E-state index in [1.165, 1.54) is 17.7 Å². The SMILES string of the molecule is O=C(Nc1nccs1)C1(F)CCN(c2cc(C3CC3)ncn2)C1. The standard InChI is InChI=1S/C15H16FN5OS/c16-15(13(22)20-14-17-4-6-23-14)3-5-21(8-15)12-7-11(10-1-2-10)18-9-19-12/h4,6-7,9-10H,1-3,5,8H2,(H,17,20,22). The molecule has 1 amide bonds. The number of nitrogens with one attached hydrogen (secondary N) is 1. The van der Waals surface area contributed by atoms with Crippen molar-refractivity contribution < 1.29 is 9.18 Å². The van der Waals surface area contributed by atoms with Gasteiger partial charge in [-0.3, -0.25) is 10.1 Å². The summed E-state index contributed by atoms with van der Waals surface area (Å²) in [5.74, 6) is 0.581. The first-order valence-corrected chi connectivity index (χ1v) is 8.49. The molecule has 2 fully saturated rings. The zero-order chi connectivity index (χ0) is 15.9. The van der Waals surface area contributed by atoms with Gasteiger partial charge in [0.1, 0.15) is 12.1 Å². The molecule has 1 unspecified atom stereocenters. The molecule has 1 saturated heterocycles. The highest BCUT2D eigenvalue weighted by Gasteiger charge is 2.46. The first-order valence-electron chi connectivity index (χ1n) is 7.61. The highest BCUT2D eigenvalue weighted by atomic mass is 32.1. The molecule has 0 spiro atoms. The van der Waals surface area contributed by atoms with Gasteiger partial charge in [-0.15, -0.1) is 11.3 Å². The molecule has 1 aliphatic carbocycles. The molecule has 3 heterocycles. The Morgan fingerprint density at radius 1 is 1.39 bits per heavy atom. The molecule has 8 heteroatoms. The van der Waals surface area contributed by atoms with Gasteiger partial charge in [-0.05, 0) is 12.8 Å². The summed E-state index contributed by atoms with van der Waals surface area (Å²) in [6.07, 6.45) is 5.55. The molecule has 1 aliphatic heterocycles. The summed E-state index contributed by atoms with van der Waals surface area (Å²) in [4.78, 5) is 26.5. The number of nitrogens with zero attached hydrogens (tertiary/aromatic N) is 4. The number of carbonyl (C=O) groups is 1. The monoisotopic (exact) mass is 333 g/mol. The molecule has 6 nitrogen and oxygen atoms in total. The van der Waals surface area contributed by atoms with Crippen LogP contribution in [0.25, 0.3) is 0 Å². The average molecular weight is 333 g/mol. The van der Waals surface area contributed by atoms with Crippen LogP contribution in [0.5, 0.6) is 0 Å². The average Bonchev–Trinajstić information content (AvgIpc) is 3.14. The fraction of sp³-hybridized carbons (Fsp3) is 0.467. The lowest BCUT2D eigenvalue weighted by Crippen LogP contribution is -2.41. The van der Waals surface area contributed by atoms with E-state index in [0.29, 0.717) is 23.4 Å². The summed E-state index contributed by atoms with van der Waals surface area (Å²) in [6, 6.07) is 1.92. The third kappa shape index (κ3) is 2.90. The van der Waals surface area contributed by atoms with Crippen LogP contribution in [0.4, 0.5) is 15.3 Å². The van der Waals surface area contributed by atoms with Crippen LogP contribution in [0.2, 0.25) is 0 Å². The number of alkyl halides is 1. The Morgan fingerprint density at radius 3 is 3.00 bits per heavy atom. The normalized spacial score (nSPS) is 24.0. The fourth-order valence-electron chi connectivity index (χ4n) is 2.78. The van der Waals surface area contributed by atoms with Crippen molar-refractivity contribution in [3.63, 3.8) is 0 Å². The van der Waals surface area contributed by atoms with Gasteiger partial charge in [0.15, 0.2) is 5.13 Å². The van der Waals surface area contributed by atoms with Gasteiger partial charge in [-0.2, -0.15) is 0 Å². The van der Waals surface area contributed by atoms with Crippen LogP contribution in [0.15, 0.2) is 24.0 Å². The van der Waals surface area contributed by atoms with Crippen LogP contribution >= 0.6 is 11.3 Å². The largest absolute Gasteiger partial charge is 0.353 e. The van der Waals surface area contributed by atoms with Crippen molar-refractivity contribution in [2.45, 2.75) is 30.8 Å². The highest BCUT2D eigenvalue weighted by molar-refractivity contribution is 7.13. The fourth-order valence-corrected chi connectivity index (χ4v) is 3.31. The molecular weight excluding hydrogens is 317 g/mol. The second-order valence-electron chi connectivity index (χ2n) is 6.00. The van der Waals surface area contributed by atoms with Crippen LogP contribution in [-0.4, -0.2) is 39.6 Å². The van der Waals surface area contributed by atoms with Crippen molar-refractivity contribution in [3.8, 4) is 0 Å². The lowest BCUT2D eigenvalue weighted by molar-refractivity contribution is -0.126. The van der Waals surface area contributed by atoms with E-state index in [4.69, 9.17) is 0 Å². The van der Waals surface area contributed by atoms with Gasteiger partial charge >= 0.3 is 0 Å². The summed E-state index contributed by atoms with van der Waals surface area (Å²) in [6.45, 7) is 0.467. The molecule has 0 radical (unpaired) electrons. The van der Waals surface area contributed by atoms with E-state index in [1.54, 1.807) is 11.6 Å². The summed E-state index contributed by atoms with van der Waals surface area (Å²) in [7, 11) is 0. The minimum atomic E-state index is -1.92. The van der Waals surface area contributed by atoms with Crippen LogP contribution < -0.4 is 10.2 Å². The third-order valence-corrected chi connectivity index (χ3v) is 4.96. The predicted molar refractivity (Wildman–Crippen MR) is 85.4 cm³/mol. The molecule has 2 aromatic heterocycles. The molecule has 1 N–H and O–H groups in total. The smallest absolute Gasteiger partial charge is 0.265 e. The summed E-state index contributed by atoms with van der Waals surface area (Å²) < 4.78 is 15.0. The van der Waals surface area contributed by atoms with Gasteiger partial charge in [0.2, 0.25) is 5.67 Å². The maximum atomic E-state index is 15.0. The molecular formula is C15H16FN5OS. The van der Waals surface area contributed by atoms with Gasteiger partial charge in [0.05, 0.1) is 6.54 Å². The van der Waals surface area contributed by atoms with Gasteiger partial charge in [0, 0.05) is 42.2 Å². The Hall–Kier alpha value is -2.09. The molecule has 0 aromatic carbocycles. The van der Waals surface area contributed by atoms with E-state index >= 15 is 0 Å². The van der Waals surface area contributed by atoms with E-state index in [0.717, 1.165) is 18.5 Å². The maximum absolute atomic E-state index is 15.0. The molecule has 120 valence electrons. The Kier molecular flexibility index (Phi) is 3.48. The number of aromatic nitrogens is 3. The van der Waals surface area contributed by atoms with Gasteiger partial charge in [0.25, 0.3) is 5.91 Å². The van der Waals surface area contributed by atoms with Gasteiger partial charge < -0.3 is 4.90 Å². The van der Waals surface area contributed by atoms with Gasteiger partial charge in [-0.25, -0.2) is 19.3 Å². The molecule has 2 aliphatic rings. The topological polar surface area (TPSA) is 71.0 Å². The molecule has 0 bridgehead atoms. The van der Waals surface area contributed by atoms with Crippen LogP contribution in [0.3, 0.4) is 0 Å². The lowest BCUT2D eigenvalue weighted by atomic mass is 10.1. The van der Waals surface area contributed by atoms with Gasteiger partial charge in [-0.1, -0.05) is 0 Å². The summed E-state index contributed by atoms with van der Waals surface area (Å²) >= 11 is 1.27. The molecule has 23 heavy (non-hydrogen) atoms. The second kappa shape index (κ2) is 5.52. The Labute approximate surface area is 136 Å². The van der Waals surface area contributed by atoms with Crippen molar-refractivity contribution in [3.05, 3.63) is 29.7 Å². The Balaban J connectivity index is 1.47. The maximum Gasteiger partial charge on any atom is 0.265 e. The third-order valence-electron chi connectivity index (χ3n) is 4.27. The Morgan fingerprint density at radius 2 is 2.26 bits per heavy atom. The number of thiazole rings is 1. The number of rotatable bonds is 4. The van der Waals surface area contributed by atoms with Crippen molar-refractivity contribution in [2.24, 2.45) is 0 Å². The molecule has 4 rings (SSSR count). The number of carbonyl (C=O) groups excluding carboxylic acids is 1. The number of hydrogen-bond donors (Lipinski definition) is 1. The van der Waals surface area contributed by atoms with Crippen molar-refractivity contribution >= 4 is 28.2 Å². The molecule has 1 atom stereocenters. The summed E-state index contributed by atoms with van der Waals surface area (Å²) in [5, 5.41) is 4.71. The van der Waals surface area contributed by atoms with E-state index in [1.807, 2.05) is 11.0 Å². The van der Waals surface area contributed by atoms with E-state index in [-0.39, 0.29) is 13.0 Å².